The molecule has 3 heterocycles. The Balaban J connectivity index is 1.43. The maximum Gasteiger partial charge on any atom is 0.253 e. The SMILES string of the molecule is COCC(C)Oc1cc(Oc2ccc(C(=O)N3CCC3)cc2F)cc(-c2ccc(-c3nccs3)[nH]2)c1. The van der Waals surface area contributed by atoms with Gasteiger partial charge in [-0.3, -0.25) is 4.79 Å². The Bertz CT molecular complexity index is 1350. The summed E-state index contributed by atoms with van der Waals surface area (Å²) in [5, 5.41) is 2.80. The van der Waals surface area contributed by atoms with Gasteiger partial charge in [0.2, 0.25) is 0 Å². The molecule has 0 aliphatic carbocycles. The summed E-state index contributed by atoms with van der Waals surface area (Å²) in [6.45, 7) is 3.73. The van der Waals surface area contributed by atoms with Gasteiger partial charge in [0.05, 0.1) is 12.3 Å². The van der Waals surface area contributed by atoms with E-state index in [-0.39, 0.29) is 17.8 Å². The molecule has 2 aromatic heterocycles. The number of nitrogens with one attached hydrogen (secondary N) is 1. The number of halogens is 1. The van der Waals surface area contributed by atoms with Crippen LogP contribution in [0.15, 0.2) is 60.1 Å². The molecule has 5 rings (SSSR count). The Hall–Kier alpha value is -3.69. The van der Waals surface area contributed by atoms with Crippen molar-refractivity contribution >= 4 is 17.2 Å². The number of carbonyl (C=O) groups excluding carboxylic acids is 1. The maximum absolute atomic E-state index is 14.9. The summed E-state index contributed by atoms with van der Waals surface area (Å²) in [6, 6.07) is 13.6. The molecule has 36 heavy (non-hydrogen) atoms. The van der Waals surface area contributed by atoms with Gasteiger partial charge in [0, 0.05) is 54.7 Å². The van der Waals surface area contributed by atoms with E-state index >= 15 is 0 Å². The van der Waals surface area contributed by atoms with Crippen LogP contribution in [0.1, 0.15) is 23.7 Å². The van der Waals surface area contributed by atoms with Crippen LogP contribution >= 0.6 is 11.3 Å². The molecule has 1 atom stereocenters. The van der Waals surface area contributed by atoms with Crippen LogP contribution < -0.4 is 9.47 Å². The molecule has 186 valence electrons. The predicted molar refractivity (Wildman–Crippen MR) is 136 cm³/mol. The Labute approximate surface area is 212 Å². The summed E-state index contributed by atoms with van der Waals surface area (Å²) in [4.78, 5) is 21.8. The third-order valence-electron chi connectivity index (χ3n) is 5.83. The van der Waals surface area contributed by atoms with E-state index in [1.54, 1.807) is 41.7 Å². The molecule has 1 fully saturated rings. The minimum absolute atomic E-state index is 0.0261. The lowest BCUT2D eigenvalue weighted by atomic mass is 10.1. The van der Waals surface area contributed by atoms with Gasteiger partial charge in [-0.25, -0.2) is 9.37 Å². The van der Waals surface area contributed by atoms with Crippen LogP contribution in [-0.4, -0.2) is 53.7 Å². The highest BCUT2D eigenvalue weighted by molar-refractivity contribution is 7.13. The zero-order valence-electron chi connectivity index (χ0n) is 20.0. The number of ether oxygens (including phenoxy) is 3. The van der Waals surface area contributed by atoms with Gasteiger partial charge in [-0.15, -0.1) is 11.3 Å². The Morgan fingerprint density at radius 2 is 1.94 bits per heavy atom. The van der Waals surface area contributed by atoms with Gasteiger partial charge in [-0.1, -0.05) is 0 Å². The molecule has 7 nitrogen and oxygen atoms in total. The van der Waals surface area contributed by atoms with E-state index in [0.29, 0.717) is 36.8 Å². The molecule has 9 heteroatoms. The van der Waals surface area contributed by atoms with Crippen LogP contribution in [0.2, 0.25) is 0 Å². The molecular formula is C27H26FN3O4S. The molecule has 1 unspecified atom stereocenters. The normalized spacial score (nSPS) is 13.8. The third kappa shape index (κ3) is 5.27. The van der Waals surface area contributed by atoms with Crippen molar-refractivity contribution in [3.8, 4) is 39.2 Å². The number of aromatic nitrogens is 2. The zero-order valence-corrected chi connectivity index (χ0v) is 20.8. The lowest BCUT2D eigenvalue weighted by Crippen LogP contribution is -2.42. The highest BCUT2D eigenvalue weighted by atomic mass is 32.1. The fourth-order valence-corrected chi connectivity index (χ4v) is 4.56. The maximum atomic E-state index is 14.9. The fraction of sp³-hybridized carbons (Fsp3) is 0.259. The molecule has 0 radical (unpaired) electrons. The summed E-state index contributed by atoms with van der Waals surface area (Å²) in [5.41, 5.74) is 2.85. The first kappa shape index (κ1) is 24.0. The average Bonchev–Trinajstić information content (AvgIpc) is 3.51. The molecule has 1 N–H and O–H groups in total. The highest BCUT2D eigenvalue weighted by Gasteiger charge is 2.22. The summed E-state index contributed by atoms with van der Waals surface area (Å²) in [5.74, 6) is 0.214. The summed E-state index contributed by atoms with van der Waals surface area (Å²) >= 11 is 1.54. The average molecular weight is 508 g/mol. The number of aromatic amines is 1. The van der Waals surface area contributed by atoms with Crippen molar-refractivity contribution in [2.75, 3.05) is 26.8 Å². The number of nitrogens with zero attached hydrogens (tertiary/aromatic N) is 2. The quantitative estimate of drug-likeness (QED) is 0.301. The number of rotatable bonds is 9. The number of methoxy groups -OCH3 is 1. The second-order valence-electron chi connectivity index (χ2n) is 8.59. The molecule has 4 aromatic rings. The fourth-order valence-electron chi connectivity index (χ4n) is 3.95. The molecule has 0 bridgehead atoms. The van der Waals surface area contributed by atoms with Gasteiger partial charge in [-0.2, -0.15) is 0 Å². The van der Waals surface area contributed by atoms with Crippen LogP contribution in [0.3, 0.4) is 0 Å². The summed E-state index contributed by atoms with van der Waals surface area (Å²) in [7, 11) is 1.61. The topological polar surface area (TPSA) is 76.7 Å². The minimum atomic E-state index is -0.604. The van der Waals surface area contributed by atoms with Crippen molar-refractivity contribution in [1.29, 1.82) is 0 Å². The van der Waals surface area contributed by atoms with E-state index in [4.69, 9.17) is 14.2 Å². The number of carbonyl (C=O) groups is 1. The molecule has 1 saturated heterocycles. The predicted octanol–water partition coefficient (Wildman–Crippen LogP) is 6.00. The van der Waals surface area contributed by atoms with E-state index in [0.717, 1.165) is 28.4 Å². The van der Waals surface area contributed by atoms with Crippen molar-refractivity contribution in [1.82, 2.24) is 14.9 Å². The lowest BCUT2D eigenvalue weighted by molar-refractivity contribution is 0.0651. The number of hydrogen-bond donors (Lipinski definition) is 1. The largest absolute Gasteiger partial charge is 0.488 e. The van der Waals surface area contributed by atoms with E-state index < -0.39 is 5.82 Å². The van der Waals surface area contributed by atoms with E-state index in [1.165, 1.54) is 12.1 Å². The first-order valence-corrected chi connectivity index (χ1v) is 12.5. The standard InChI is InChI=1S/C27H26FN3O4S/c1-17(16-33-2)34-20-12-19(23-5-6-24(30-23)26-29-8-11-36-26)13-21(15-20)35-25-7-4-18(14-22(25)28)27(32)31-9-3-10-31/h4-8,11-15,17,30H,3,9-10,16H2,1-2H3. The van der Waals surface area contributed by atoms with Crippen molar-refractivity contribution < 1.29 is 23.4 Å². The third-order valence-corrected chi connectivity index (χ3v) is 6.63. The number of amides is 1. The van der Waals surface area contributed by atoms with E-state index in [2.05, 4.69) is 9.97 Å². The van der Waals surface area contributed by atoms with Gasteiger partial charge >= 0.3 is 0 Å². The van der Waals surface area contributed by atoms with Gasteiger partial charge in [-0.05, 0) is 55.8 Å². The molecular weight excluding hydrogens is 481 g/mol. The van der Waals surface area contributed by atoms with Crippen LogP contribution in [-0.2, 0) is 4.74 Å². The summed E-state index contributed by atoms with van der Waals surface area (Å²) < 4.78 is 32.1. The smallest absolute Gasteiger partial charge is 0.253 e. The van der Waals surface area contributed by atoms with Crippen molar-refractivity contribution in [3.63, 3.8) is 0 Å². The number of H-pyrrole nitrogens is 1. The highest BCUT2D eigenvalue weighted by Crippen LogP contribution is 2.35. The Morgan fingerprint density at radius 1 is 1.14 bits per heavy atom. The van der Waals surface area contributed by atoms with Crippen molar-refractivity contribution in [3.05, 3.63) is 71.5 Å². The molecule has 0 saturated carbocycles. The first-order valence-electron chi connectivity index (χ1n) is 11.7. The second kappa shape index (κ2) is 10.5. The van der Waals surface area contributed by atoms with Gasteiger partial charge in [0.1, 0.15) is 22.6 Å². The monoisotopic (exact) mass is 507 g/mol. The first-order chi connectivity index (χ1) is 17.5. The Morgan fingerprint density at radius 3 is 2.64 bits per heavy atom. The second-order valence-corrected chi connectivity index (χ2v) is 9.49. The number of benzene rings is 2. The van der Waals surface area contributed by atoms with Crippen LogP contribution in [0.25, 0.3) is 22.0 Å². The van der Waals surface area contributed by atoms with Crippen LogP contribution in [0.5, 0.6) is 17.2 Å². The van der Waals surface area contributed by atoms with Crippen molar-refractivity contribution in [2.45, 2.75) is 19.4 Å². The van der Waals surface area contributed by atoms with Gasteiger partial charge in [0.15, 0.2) is 11.6 Å². The molecule has 1 amide bonds. The Kier molecular flexibility index (Phi) is 7.02. The zero-order chi connectivity index (χ0) is 25.1. The van der Waals surface area contributed by atoms with Gasteiger partial charge in [0.25, 0.3) is 5.91 Å². The molecule has 2 aromatic carbocycles. The van der Waals surface area contributed by atoms with E-state index in [1.807, 2.05) is 36.6 Å². The number of hydrogen-bond acceptors (Lipinski definition) is 6. The molecule has 1 aliphatic heterocycles. The van der Waals surface area contributed by atoms with Crippen LogP contribution in [0, 0.1) is 5.82 Å². The molecule has 1 aliphatic rings. The van der Waals surface area contributed by atoms with E-state index in [9.17, 15) is 9.18 Å². The van der Waals surface area contributed by atoms with Crippen LogP contribution in [0.4, 0.5) is 4.39 Å². The summed E-state index contributed by atoms with van der Waals surface area (Å²) in [6.07, 6.45) is 2.54. The molecule has 0 spiro atoms. The minimum Gasteiger partial charge on any atom is -0.488 e. The number of thiazole rings is 1. The number of likely N-dealkylation sites (tertiary alicyclic amines) is 1. The lowest BCUT2D eigenvalue weighted by Gasteiger charge is -2.30. The van der Waals surface area contributed by atoms with Gasteiger partial charge < -0.3 is 24.1 Å². The van der Waals surface area contributed by atoms with Crippen molar-refractivity contribution in [2.24, 2.45) is 0 Å².